The molecule has 0 saturated heterocycles. The van der Waals surface area contributed by atoms with E-state index in [1.54, 1.807) is 29.4 Å². The van der Waals surface area contributed by atoms with Crippen LogP contribution in [0.1, 0.15) is 34.4 Å². The van der Waals surface area contributed by atoms with Gasteiger partial charge in [-0.15, -0.1) is 11.3 Å². The molecule has 2 aromatic heterocycles. The number of thioether (sulfide) groups is 1. The predicted octanol–water partition coefficient (Wildman–Crippen LogP) is 5.11. The van der Waals surface area contributed by atoms with Gasteiger partial charge in [0.15, 0.2) is 0 Å². The molecule has 5 heteroatoms. The minimum Gasteiger partial charge on any atom is -0.229 e. The second kappa shape index (κ2) is 7.15. The summed E-state index contributed by atoms with van der Waals surface area (Å²) in [4.78, 5) is 11.6. The topological polar surface area (TPSA) is 49.6 Å². The Kier molecular flexibility index (Phi) is 4.74. The average molecular weight is 366 g/mol. The first-order valence-electron chi connectivity index (χ1n) is 8.61. The van der Waals surface area contributed by atoms with Gasteiger partial charge in [0.05, 0.1) is 6.07 Å². The molecule has 1 atom stereocenters. The maximum atomic E-state index is 9.65. The fraction of sp³-hybridized carbons (Fsp3) is 0.350. The van der Waals surface area contributed by atoms with Crippen LogP contribution in [-0.4, -0.2) is 15.2 Å². The highest BCUT2D eigenvalue weighted by Crippen LogP contribution is 2.40. The summed E-state index contributed by atoms with van der Waals surface area (Å²) in [5, 5.41) is 11.7. The summed E-state index contributed by atoms with van der Waals surface area (Å²) in [6.07, 6.45) is 7.16. The second-order valence-electron chi connectivity index (χ2n) is 6.50. The number of rotatable bonds is 4. The normalized spacial score (nSPS) is 14.9. The number of nitrogens with zero attached hydrogens (tertiary/aromatic N) is 3. The Bertz CT molecular complexity index is 938. The molecule has 1 aliphatic rings. The predicted molar refractivity (Wildman–Crippen MR) is 104 cm³/mol. The van der Waals surface area contributed by atoms with Crippen molar-refractivity contribution in [2.45, 2.75) is 49.3 Å². The molecule has 3 aromatic rings. The van der Waals surface area contributed by atoms with Gasteiger partial charge >= 0.3 is 0 Å². The molecule has 1 aliphatic carbocycles. The first-order chi connectivity index (χ1) is 12.2. The van der Waals surface area contributed by atoms with Gasteiger partial charge in [0, 0.05) is 10.3 Å². The highest BCUT2D eigenvalue weighted by atomic mass is 32.2. The van der Waals surface area contributed by atoms with Crippen molar-refractivity contribution < 1.29 is 0 Å². The molecule has 2 heterocycles. The van der Waals surface area contributed by atoms with Crippen molar-refractivity contribution >= 4 is 33.3 Å². The Labute approximate surface area is 156 Å². The number of hydrogen-bond acceptors (Lipinski definition) is 5. The molecule has 0 amide bonds. The number of nitriles is 1. The molecule has 126 valence electrons. The fourth-order valence-electron chi connectivity index (χ4n) is 3.34. The van der Waals surface area contributed by atoms with Crippen molar-refractivity contribution in [1.82, 2.24) is 9.97 Å². The third-order valence-corrected chi connectivity index (χ3v) is 6.95. The molecule has 0 saturated carbocycles. The van der Waals surface area contributed by atoms with Crippen molar-refractivity contribution in [2.75, 3.05) is 0 Å². The number of thiophene rings is 1. The average Bonchev–Trinajstić information content (AvgIpc) is 3.02. The summed E-state index contributed by atoms with van der Waals surface area (Å²) in [5.74, 6) is 0. The van der Waals surface area contributed by atoms with E-state index in [1.165, 1.54) is 39.8 Å². The number of benzene rings is 1. The lowest BCUT2D eigenvalue weighted by Crippen LogP contribution is -2.05. The summed E-state index contributed by atoms with van der Waals surface area (Å²) in [5.41, 5.74) is 3.87. The van der Waals surface area contributed by atoms with Gasteiger partial charge in [-0.05, 0) is 50.2 Å². The smallest absolute Gasteiger partial charge is 0.128 e. The first-order valence-corrected chi connectivity index (χ1v) is 10.3. The van der Waals surface area contributed by atoms with Crippen LogP contribution in [0.2, 0.25) is 0 Å². The summed E-state index contributed by atoms with van der Waals surface area (Å²) in [7, 11) is 0. The minimum atomic E-state index is -0.139. The van der Waals surface area contributed by atoms with Crippen LogP contribution < -0.4 is 0 Å². The molecule has 0 unspecified atom stereocenters. The third-order valence-electron chi connectivity index (χ3n) is 4.66. The molecule has 0 N–H and O–H groups in total. The summed E-state index contributed by atoms with van der Waals surface area (Å²) >= 11 is 3.40. The van der Waals surface area contributed by atoms with E-state index in [4.69, 9.17) is 0 Å². The van der Waals surface area contributed by atoms with Crippen molar-refractivity contribution in [3.05, 3.63) is 52.2 Å². The van der Waals surface area contributed by atoms with E-state index in [2.05, 4.69) is 47.2 Å². The summed E-state index contributed by atoms with van der Waals surface area (Å²) in [6.45, 7) is 2.08. The van der Waals surface area contributed by atoms with Crippen molar-refractivity contribution in [1.29, 1.82) is 5.26 Å². The van der Waals surface area contributed by atoms with Gasteiger partial charge in [0.2, 0.25) is 0 Å². The van der Waals surface area contributed by atoms with E-state index in [0.29, 0.717) is 0 Å². The van der Waals surface area contributed by atoms with Crippen molar-refractivity contribution in [3.63, 3.8) is 0 Å². The van der Waals surface area contributed by atoms with Crippen LogP contribution in [0.4, 0.5) is 0 Å². The SMILES string of the molecule is Cc1ccc(C[C@H](C#N)Sc2ncnc3sc4c(c23)CCCC4)cc1. The van der Waals surface area contributed by atoms with Gasteiger partial charge < -0.3 is 0 Å². The molecule has 3 nitrogen and oxygen atoms in total. The van der Waals surface area contributed by atoms with Gasteiger partial charge in [0.25, 0.3) is 0 Å². The zero-order valence-electron chi connectivity index (χ0n) is 14.2. The van der Waals surface area contributed by atoms with Crippen LogP contribution in [0.25, 0.3) is 10.2 Å². The van der Waals surface area contributed by atoms with E-state index in [9.17, 15) is 5.26 Å². The van der Waals surface area contributed by atoms with E-state index in [-0.39, 0.29) is 5.25 Å². The van der Waals surface area contributed by atoms with Gasteiger partial charge in [-0.3, -0.25) is 0 Å². The lowest BCUT2D eigenvalue weighted by molar-refractivity contribution is 0.699. The summed E-state index contributed by atoms with van der Waals surface area (Å²) in [6, 6.07) is 10.9. The van der Waals surface area contributed by atoms with Crippen LogP contribution >= 0.6 is 23.1 Å². The fourth-order valence-corrected chi connectivity index (χ4v) is 5.67. The molecule has 0 radical (unpaired) electrons. The Morgan fingerprint density at radius 2 is 2.00 bits per heavy atom. The number of aryl methyl sites for hydroxylation is 3. The van der Waals surface area contributed by atoms with E-state index in [1.807, 2.05) is 0 Å². The molecule has 0 aliphatic heterocycles. The van der Waals surface area contributed by atoms with Gasteiger partial charge in [-0.1, -0.05) is 41.6 Å². The largest absolute Gasteiger partial charge is 0.229 e. The second-order valence-corrected chi connectivity index (χ2v) is 8.77. The van der Waals surface area contributed by atoms with Gasteiger partial charge in [-0.25, -0.2) is 9.97 Å². The molecule has 0 bridgehead atoms. The first kappa shape index (κ1) is 16.6. The van der Waals surface area contributed by atoms with Crippen LogP contribution in [0.15, 0.2) is 35.6 Å². The van der Waals surface area contributed by atoms with Crippen molar-refractivity contribution in [3.8, 4) is 6.07 Å². The molecular formula is C20H19N3S2. The quantitative estimate of drug-likeness (QED) is 0.476. The summed E-state index contributed by atoms with van der Waals surface area (Å²) < 4.78 is 0. The monoisotopic (exact) mass is 365 g/mol. The lowest BCUT2D eigenvalue weighted by atomic mass is 9.97. The molecule has 25 heavy (non-hydrogen) atoms. The van der Waals surface area contributed by atoms with Gasteiger partial charge in [-0.2, -0.15) is 5.26 Å². The molecule has 0 fully saturated rings. The van der Waals surface area contributed by atoms with Crippen LogP contribution in [0.5, 0.6) is 0 Å². The van der Waals surface area contributed by atoms with Crippen LogP contribution in [0, 0.1) is 18.3 Å². The molecule has 1 aromatic carbocycles. The number of fused-ring (bicyclic) bond motifs is 3. The van der Waals surface area contributed by atoms with E-state index in [0.717, 1.165) is 29.1 Å². The van der Waals surface area contributed by atoms with Crippen LogP contribution in [0.3, 0.4) is 0 Å². The zero-order valence-corrected chi connectivity index (χ0v) is 15.8. The number of aromatic nitrogens is 2. The Morgan fingerprint density at radius 3 is 2.80 bits per heavy atom. The molecular weight excluding hydrogens is 346 g/mol. The minimum absolute atomic E-state index is 0.139. The van der Waals surface area contributed by atoms with Crippen LogP contribution in [-0.2, 0) is 19.3 Å². The maximum absolute atomic E-state index is 9.65. The maximum Gasteiger partial charge on any atom is 0.128 e. The molecule has 4 rings (SSSR count). The Hall–Kier alpha value is -1.90. The molecule has 0 spiro atoms. The highest BCUT2D eigenvalue weighted by molar-refractivity contribution is 8.00. The zero-order chi connectivity index (χ0) is 17.2. The third kappa shape index (κ3) is 3.42. The van der Waals surface area contributed by atoms with E-state index < -0.39 is 0 Å². The standard InChI is InChI=1S/C20H19N3S2/c1-13-6-8-14(9-7-13)10-15(11-21)24-19-18-16-4-2-3-5-17(16)25-20(18)23-12-22-19/h6-9,12,15H,2-5,10H2,1H3/t15-/m1/s1. The van der Waals surface area contributed by atoms with Gasteiger partial charge in [0.1, 0.15) is 21.4 Å². The van der Waals surface area contributed by atoms with E-state index >= 15 is 0 Å². The Balaban J connectivity index is 1.63. The van der Waals surface area contributed by atoms with Crippen molar-refractivity contribution in [2.24, 2.45) is 0 Å². The number of hydrogen-bond donors (Lipinski definition) is 0. The Morgan fingerprint density at radius 1 is 1.20 bits per heavy atom. The highest BCUT2D eigenvalue weighted by Gasteiger charge is 2.22. The lowest BCUT2D eigenvalue weighted by Gasteiger charge is -2.13.